The van der Waals surface area contributed by atoms with Crippen molar-refractivity contribution in [3.05, 3.63) is 54.6 Å². The molecule has 0 saturated carbocycles. The second-order valence-corrected chi connectivity index (χ2v) is 9.16. The van der Waals surface area contributed by atoms with Gasteiger partial charge in [-0.05, 0) is 62.0 Å². The second kappa shape index (κ2) is 7.51. The molecule has 6 nitrogen and oxygen atoms in total. The smallest absolute Gasteiger partial charge is 0.171 e. The first-order chi connectivity index (χ1) is 12.3. The summed E-state index contributed by atoms with van der Waals surface area (Å²) in [5.74, 6) is 0.293. The average molecular weight is 389 g/mol. The normalized spacial score (nSPS) is 21.6. The van der Waals surface area contributed by atoms with Crippen LogP contribution in [0, 0.1) is 0 Å². The lowest BCUT2D eigenvalue weighted by Crippen LogP contribution is -2.48. The maximum absolute atomic E-state index is 11.7. The summed E-state index contributed by atoms with van der Waals surface area (Å²) < 4.78 is 23.3. The minimum absolute atomic E-state index is 0.0978. The third kappa shape index (κ3) is 5.09. The van der Waals surface area contributed by atoms with Gasteiger partial charge in [-0.1, -0.05) is 18.2 Å². The Kier molecular flexibility index (Phi) is 5.33. The topological polar surface area (TPSA) is 82.9 Å². The minimum Gasteiger partial charge on any atom is -0.356 e. The van der Waals surface area contributed by atoms with Crippen molar-refractivity contribution in [1.29, 1.82) is 0 Å². The summed E-state index contributed by atoms with van der Waals surface area (Å²) in [6.07, 6.45) is 0.552. The number of hydrogen-bond donors (Lipinski definition) is 2. The van der Waals surface area contributed by atoms with Crippen LogP contribution in [0.4, 0.5) is 17.1 Å². The van der Waals surface area contributed by atoms with Crippen molar-refractivity contribution >= 4 is 44.2 Å². The zero-order valence-corrected chi connectivity index (χ0v) is 16.0. The molecule has 136 valence electrons. The molecule has 1 aliphatic rings. The molecule has 1 aliphatic heterocycles. The fourth-order valence-electron chi connectivity index (χ4n) is 2.77. The molecular weight excluding hydrogens is 368 g/mol. The summed E-state index contributed by atoms with van der Waals surface area (Å²) >= 11 is 5.31. The van der Waals surface area contributed by atoms with Crippen LogP contribution in [0.25, 0.3) is 0 Å². The van der Waals surface area contributed by atoms with Gasteiger partial charge in [0.2, 0.25) is 0 Å². The molecular formula is C18H20N4O2S2. The Morgan fingerprint density at radius 1 is 1.04 bits per heavy atom. The van der Waals surface area contributed by atoms with E-state index >= 15 is 0 Å². The number of rotatable bonds is 4. The van der Waals surface area contributed by atoms with Crippen LogP contribution in [0.3, 0.4) is 0 Å². The summed E-state index contributed by atoms with van der Waals surface area (Å²) in [5.41, 5.74) is 1.80. The molecule has 1 saturated heterocycles. The number of azo groups is 1. The summed E-state index contributed by atoms with van der Waals surface area (Å²) in [5, 5.41) is 15.0. The summed E-state index contributed by atoms with van der Waals surface area (Å²) in [6, 6.07) is 16.9. The largest absolute Gasteiger partial charge is 0.356 e. The Hall–Kier alpha value is -2.32. The fraction of sp³-hybridized carbons (Fsp3) is 0.278. The SMILES string of the molecule is CC1(NC(=S)Nc2ccc(N=Nc3ccccc3)cc2)CCS(=O)(=O)C1. The highest BCUT2D eigenvalue weighted by molar-refractivity contribution is 7.91. The Morgan fingerprint density at radius 3 is 2.23 bits per heavy atom. The number of anilines is 1. The molecule has 1 heterocycles. The first-order valence-corrected chi connectivity index (χ1v) is 10.4. The Morgan fingerprint density at radius 2 is 1.65 bits per heavy atom. The molecule has 0 radical (unpaired) electrons. The summed E-state index contributed by atoms with van der Waals surface area (Å²) in [7, 11) is -2.98. The van der Waals surface area contributed by atoms with Crippen LogP contribution in [-0.2, 0) is 9.84 Å². The van der Waals surface area contributed by atoms with E-state index in [-0.39, 0.29) is 11.5 Å². The van der Waals surface area contributed by atoms with E-state index in [9.17, 15) is 8.42 Å². The number of thiocarbonyl (C=S) groups is 1. The lowest BCUT2D eigenvalue weighted by atomic mass is 10.0. The highest BCUT2D eigenvalue weighted by Gasteiger charge is 2.38. The molecule has 2 aromatic carbocycles. The molecule has 3 rings (SSSR count). The molecule has 1 fully saturated rings. The maximum Gasteiger partial charge on any atom is 0.171 e. The van der Waals surface area contributed by atoms with Crippen LogP contribution in [0.15, 0.2) is 64.8 Å². The zero-order chi connectivity index (χ0) is 18.6. The van der Waals surface area contributed by atoms with Crippen molar-refractivity contribution in [2.45, 2.75) is 18.9 Å². The van der Waals surface area contributed by atoms with Gasteiger partial charge in [-0.25, -0.2) is 8.42 Å². The molecule has 2 N–H and O–H groups in total. The molecule has 2 aromatic rings. The molecule has 0 amide bonds. The van der Waals surface area contributed by atoms with Crippen molar-refractivity contribution in [3.63, 3.8) is 0 Å². The fourth-order valence-corrected chi connectivity index (χ4v) is 5.22. The van der Waals surface area contributed by atoms with E-state index in [1.165, 1.54) is 0 Å². The van der Waals surface area contributed by atoms with Crippen molar-refractivity contribution in [2.75, 3.05) is 16.8 Å². The number of benzene rings is 2. The number of nitrogens with zero attached hydrogens (tertiary/aromatic N) is 2. The lowest BCUT2D eigenvalue weighted by Gasteiger charge is -2.26. The van der Waals surface area contributed by atoms with Gasteiger partial charge in [-0.2, -0.15) is 10.2 Å². The van der Waals surface area contributed by atoms with Gasteiger partial charge >= 0.3 is 0 Å². The van der Waals surface area contributed by atoms with Crippen LogP contribution >= 0.6 is 12.2 Å². The van der Waals surface area contributed by atoms with E-state index < -0.39 is 15.4 Å². The maximum atomic E-state index is 11.7. The van der Waals surface area contributed by atoms with Crippen molar-refractivity contribution < 1.29 is 8.42 Å². The van der Waals surface area contributed by atoms with Crippen LogP contribution in [-0.4, -0.2) is 30.6 Å². The third-order valence-corrected chi connectivity index (χ3v) is 6.19. The number of nitrogens with one attached hydrogen (secondary N) is 2. The second-order valence-electron chi connectivity index (χ2n) is 6.56. The van der Waals surface area contributed by atoms with Gasteiger partial charge in [0, 0.05) is 5.69 Å². The van der Waals surface area contributed by atoms with Gasteiger partial charge in [-0.3, -0.25) is 0 Å². The van der Waals surface area contributed by atoms with Gasteiger partial charge in [0.05, 0.1) is 28.4 Å². The quantitative estimate of drug-likeness (QED) is 0.612. The molecule has 1 atom stereocenters. The van der Waals surface area contributed by atoms with Gasteiger partial charge < -0.3 is 10.6 Å². The Bertz CT molecular complexity index is 912. The molecule has 0 aliphatic carbocycles. The monoisotopic (exact) mass is 388 g/mol. The van der Waals surface area contributed by atoms with E-state index in [1.807, 2.05) is 61.5 Å². The highest BCUT2D eigenvalue weighted by atomic mass is 32.2. The Balaban J connectivity index is 1.57. The predicted octanol–water partition coefficient (Wildman–Crippen LogP) is 3.97. The molecule has 26 heavy (non-hydrogen) atoms. The molecule has 1 unspecified atom stereocenters. The van der Waals surface area contributed by atoms with Gasteiger partial charge in [-0.15, -0.1) is 0 Å². The van der Waals surface area contributed by atoms with E-state index in [2.05, 4.69) is 20.9 Å². The first kappa shape index (κ1) is 18.5. The van der Waals surface area contributed by atoms with E-state index in [4.69, 9.17) is 12.2 Å². The van der Waals surface area contributed by atoms with Crippen LogP contribution in [0.2, 0.25) is 0 Å². The summed E-state index contributed by atoms with van der Waals surface area (Å²) in [6.45, 7) is 1.87. The first-order valence-electron chi connectivity index (χ1n) is 8.20. The zero-order valence-electron chi connectivity index (χ0n) is 14.3. The highest BCUT2D eigenvalue weighted by Crippen LogP contribution is 2.23. The van der Waals surface area contributed by atoms with Crippen molar-refractivity contribution in [3.8, 4) is 0 Å². The third-order valence-electron chi connectivity index (χ3n) is 4.08. The lowest BCUT2D eigenvalue weighted by molar-refractivity contribution is 0.474. The average Bonchev–Trinajstić information content (AvgIpc) is 2.88. The predicted molar refractivity (Wildman–Crippen MR) is 108 cm³/mol. The number of hydrogen-bond acceptors (Lipinski definition) is 5. The molecule has 8 heteroatoms. The van der Waals surface area contributed by atoms with E-state index in [0.29, 0.717) is 11.5 Å². The van der Waals surface area contributed by atoms with Crippen molar-refractivity contribution in [2.24, 2.45) is 10.2 Å². The summed E-state index contributed by atoms with van der Waals surface area (Å²) in [4.78, 5) is 0. The molecule has 0 spiro atoms. The van der Waals surface area contributed by atoms with Gasteiger partial charge in [0.25, 0.3) is 0 Å². The van der Waals surface area contributed by atoms with E-state index in [0.717, 1.165) is 17.1 Å². The van der Waals surface area contributed by atoms with Gasteiger partial charge in [0.1, 0.15) is 0 Å². The Labute approximate surface area is 158 Å². The van der Waals surface area contributed by atoms with Crippen LogP contribution in [0.1, 0.15) is 13.3 Å². The van der Waals surface area contributed by atoms with Crippen LogP contribution in [0.5, 0.6) is 0 Å². The molecule has 0 aromatic heterocycles. The van der Waals surface area contributed by atoms with Gasteiger partial charge in [0.15, 0.2) is 14.9 Å². The van der Waals surface area contributed by atoms with E-state index in [1.54, 1.807) is 0 Å². The van der Waals surface area contributed by atoms with Crippen molar-refractivity contribution in [1.82, 2.24) is 5.32 Å². The minimum atomic E-state index is -2.98. The standard InChI is InChI=1S/C18H20N4O2S2/c1-18(11-12-26(23,24)13-18)20-17(25)19-14-7-9-16(10-8-14)22-21-15-5-3-2-4-6-15/h2-10H,11-13H2,1H3,(H2,19,20,25). The molecule has 0 bridgehead atoms. The number of sulfone groups is 1. The van der Waals surface area contributed by atoms with Crippen LogP contribution < -0.4 is 10.6 Å².